The van der Waals surface area contributed by atoms with Crippen LogP contribution >= 0.6 is 0 Å². The Morgan fingerprint density at radius 2 is 1.25 bits per heavy atom. The lowest BCUT2D eigenvalue weighted by Crippen LogP contribution is -2.38. The summed E-state index contributed by atoms with van der Waals surface area (Å²) < 4.78 is 7.94. The molecule has 4 aromatic carbocycles. The van der Waals surface area contributed by atoms with E-state index in [1.807, 2.05) is 97.1 Å². The summed E-state index contributed by atoms with van der Waals surface area (Å²) >= 11 is 0. The molecule has 7 nitrogen and oxygen atoms in total. The molecule has 0 spiro atoms. The number of rotatable bonds is 10. The van der Waals surface area contributed by atoms with Crippen LogP contribution in [0.3, 0.4) is 0 Å². The van der Waals surface area contributed by atoms with Gasteiger partial charge in [-0.2, -0.15) is 4.98 Å². The van der Waals surface area contributed by atoms with Gasteiger partial charge in [0.05, 0.1) is 19.3 Å². The van der Waals surface area contributed by atoms with E-state index in [-0.39, 0.29) is 24.9 Å². The first-order valence-corrected chi connectivity index (χ1v) is 13.0. The molecule has 1 atom stereocenters. The minimum atomic E-state index is -1.01. The van der Waals surface area contributed by atoms with Gasteiger partial charge in [0.15, 0.2) is 0 Å². The monoisotopic (exact) mass is 531 g/mol. The van der Waals surface area contributed by atoms with Gasteiger partial charge in [0, 0.05) is 11.8 Å². The van der Waals surface area contributed by atoms with E-state index in [0.717, 1.165) is 16.7 Å². The SMILES string of the molecule is O=C(Nc1ccn(CC(O)COC(c2ccccc2)(c2ccccc2)c2ccccc2)c(=O)n1)c1ccccc1. The standard InChI is InChI=1S/C33H29N3O4/c37-29(23-36-22-21-30(35-32(36)39)34-31(38)25-13-5-1-6-14-25)24-40-33(26-15-7-2-8-16-26,27-17-9-3-10-18-27)28-19-11-4-12-20-28/h1-22,29,37H,23-24H2,(H,34,35,38,39). The van der Waals surface area contributed by atoms with Crippen molar-refractivity contribution >= 4 is 11.7 Å². The molecule has 0 radical (unpaired) electrons. The zero-order valence-electron chi connectivity index (χ0n) is 21.8. The topological polar surface area (TPSA) is 93.5 Å². The second-order valence-corrected chi connectivity index (χ2v) is 9.31. The summed E-state index contributed by atoms with van der Waals surface area (Å²) in [6, 6.07) is 39.8. The molecule has 200 valence electrons. The van der Waals surface area contributed by atoms with Gasteiger partial charge in [-0.3, -0.25) is 9.36 Å². The third-order valence-corrected chi connectivity index (χ3v) is 6.59. The maximum atomic E-state index is 12.7. The lowest BCUT2D eigenvalue weighted by Gasteiger charge is -2.36. The smallest absolute Gasteiger partial charge is 0.349 e. The van der Waals surface area contributed by atoms with E-state index < -0.39 is 17.4 Å². The molecule has 5 aromatic rings. The van der Waals surface area contributed by atoms with Crippen molar-refractivity contribution in [1.29, 1.82) is 0 Å². The molecule has 7 heteroatoms. The molecule has 0 fully saturated rings. The number of amides is 1. The van der Waals surface area contributed by atoms with Crippen molar-refractivity contribution in [3.8, 4) is 0 Å². The number of ether oxygens (including phenoxy) is 1. The van der Waals surface area contributed by atoms with Gasteiger partial charge < -0.3 is 15.2 Å². The highest BCUT2D eigenvalue weighted by atomic mass is 16.5. The number of aliphatic hydroxyl groups is 1. The highest BCUT2D eigenvalue weighted by Crippen LogP contribution is 2.40. The van der Waals surface area contributed by atoms with Gasteiger partial charge in [-0.25, -0.2) is 4.79 Å². The predicted molar refractivity (Wildman–Crippen MR) is 154 cm³/mol. The molecular weight excluding hydrogens is 502 g/mol. The average Bonchev–Trinajstić information content (AvgIpc) is 3.01. The highest BCUT2D eigenvalue weighted by Gasteiger charge is 2.38. The van der Waals surface area contributed by atoms with Crippen LogP contribution in [0.15, 0.2) is 138 Å². The van der Waals surface area contributed by atoms with E-state index in [2.05, 4.69) is 10.3 Å². The Bertz CT molecular complexity index is 1490. The number of aromatic nitrogens is 2. The highest BCUT2D eigenvalue weighted by molar-refractivity contribution is 6.03. The summed E-state index contributed by atoms with van der Waals surface area (Å²) in [6.45, 7) is -0.0924. The number of carbonyl (C=O) groups excluding carboxylic acids is 1. The summed E-state index contributed by atoms with van der Waals surface area (Å²) in [5.41, 5.74) is 1.62. The molecule has 1 heterocycles. The van der Waals surface area contributed by atoms with Crippen LogP contribution in [0.2, 0.25) is 0 Å². The fourth-order valence-electron chi connectivity index (χ4n) is 4.68. The van der Waals surface area contributed by atoms with Gasteiger partial charge in [0.25, 0.3) is 5.91 Å². The van der Waals surface area contributed by atoms with Crippen molar-refractivity contribution in [2.75, 3.05) is 11.9 Å². The summed E-state index contributed by atoms with van der Waals surface area (Å²) in [7, 11) is 0. The Morgan fingerprint density at radius 1 is 0.775 bits per heavy atom. The van der Waals surface area contributed by atoms with Crippen LogP contribution in [0.1, 0.15) is 27.0 Å². The molecule has 1 unspecified atom stereocenters. The number of carbonyl (C=O) groups is 1. The molecule has 0 saturated carbocycles. The van der Waals surface area contributed by atoms with Crippen LogP contribution in [-0.2, 0) is 16.9 Å². The maximum absolute atomic E-state index is 12.7. The first-order valence-electron chi connectivity index (χ1n) is 13.0. The van der Waals surface area contributed by atoms with E-state index in [1.54, 1.807) is 24.3 Å². The number of benzene rings is 4. The Morgan fingerprint density at radius 3 is 1.73 bits per heavy atom. The van der Waals surface area contributed by atoms with Gasteiger partial charge in [-0.15, -0.1) is 0 Å². The normalized spacial score (nSPS) is 12.0. The van der Waals surface area contributed by atoms with Crippen LogP contribution < -0.4 is 11.0 Å². The minimum Gasteiger partial charge on any atom is -0.389 e. The summed E-state index contributed by atoms with van der Waals surface area (Å²) in [5, 5.41) is 13.6. The van der Waals surface area contributed by atoms with Gasteiger partial charge in [0.1, 0.15) is 11.4 Å². The summed E-state index contributed by atoms with van der Waals surface area (Å²) in [5.74, 6) is -0.227. The molecule has 0 aliphatic heterocycles. The first-order chi connectivity index (χ1) is 19.6. The molecule has 0 aliphatic carbocycles. The largest absolute Gasteiger partial charge is 0.389 e. The number of hydrogen-bond donors (Lipinski definition) is 2. The third kappa shape index (κ3) is 5.91. The molecule has 1 amide bonds. The fraction of sp³-hybridized carbons (Fsp3) is 0.121. The van der Waals surface area contributed by atoms with E-state index in [4.69, 9.17) is 4.74 Å². The van der Waals surface area contributed by atoms with Crippen molar-refractivity contribution in [3.05, 3.63) is 166 Å². The number of anilines is 1. The Balaban J connectivity index is 1.36. The van der Waals surface area contributed by atoms with E-state index in [9.17, 15) is 14.7 Å². The van der Waals surface area contributed by atoms with Crippen LogP contribution in [-0.4, -0.2) is 33.3 Å². The quantitative estimate of drug-likeness (QED) is 0.251. The molecule has 0 aliphatic rings. The minimum absolute atomic E-state index is 0.0345. The lowest BCUT2D eigenvalue weighted by atomic mass is 9.80. The number of aliphatic hydroxyl groups excluding tert-OH is 1. The number of nitrogens with one attached hydrogen (secondary N) is 1. The van der Waals surface area contributed by atoms with Gasteiger partial charge in [-0.05, 0) is 34.9 Å². The van der Waals surface area contributed by atoms with Gasteiger partial charge in [0.2, 0.25) is 0 Å². The van der Waals surface area contributed by atoms with Gasteiger partial charge in [-0.1, -0.05) is 109 Å². The van der Waals surface area contributed by atoms with E-state index >= 15 is 0 Å². The van der Waals surface area contributed by atoms with Crippen molar-refractivity contribution in [3.63, 3.8) is 0 Å². The molecule has 40 heavy (non-hydrogen) atoms. The van der Waals surface area contributed by atoms with Crippen molar-refractivity contribution in [2.24, 2.45) is 0 Å². The Labute approximate surface area is 232 Å². The molecule has 0 bridgehead atoms. The van der Waals surface area contributed by atoms with E-state index in [0.29, 0.717) is 5.56 Å². The summed E-state index contributed by atoms with van der Waals surface area (Å²) in [6.07, 6.45) is 0.484. The van der Waals surface area contributed by atoms with Crippen LogP contribution in [0.25, 0.3) is 0 Å². The van der Waals surface area contributed by atoms with Crippen LogP contribution in [0, 0.1) is 0 Å². The molecule has 1 aromatic heterocycles. The molecule has 0 saturated heterocycles. The second-order valence-electron chi connectivity index (χ2n) is 9.31. The van der Waals surface area contributed by atoms with Crippen LogP contribution in [0.5, 0.6) is 0 Å². The van der Waals surface area contributed by atoms with Crippen LogP contribution in [0.4, 0.5) is 5.82 Å². The fourth-order valence-corrected chi connectivity index (χ4v) is 4.68. The molecule has 2 N–H and O–H groups in total. The molecule has 5 rings (SSSR count). The van der Waals surface area contributed by atoms with Crippen molar-refractivity contribution in [2.45, 2.75) is 18.2 Å². The second kappa shape index (κ2) is 12.3. The maximum Gasteiger partial charge on any atom is 0.349 e. The van der Waals surface area contributed by atoms with E-state index in [1.165, 1.54) is 16.8 Å². The van der Waals surface area contributed by atoms with Gasteiger partial charge >= 0.3 is 5.69 Å². The Hall–Kier alpha value is -4.85. The average molecular weight is 532 g/mol. The Kier molecular flexibility index (Phi) is 8.25. The predicted octanol–water partition coefficient (Wildman–Crippen LogP) is 4.87. The zero-order valence-corrected chi connectivity index (χ0v) is 21.8. The number of hydrogen-bond acceptors (Lipinski definition) is 5. The summed E-state index contributed by atoms with van der Waals surface area (Å²) in [4.78, 5) is 29.1. The zero-order chi connectivity index (χ0) is 27.8. The third-order valence-electron chi connectivity index (χ3n) is 6.59. The van der Waals surface area contributed by atoms with Crippen molar-refractivity contribution < 1.29 is 14.6 Å². The molecular formula is C33H29N3O4. The first kappa shape index (κ1) is 26.7. The van der Waals surface area contributed by atoms with Crippen molar-refractivity contribution in [1.82, 2.24) is 9.55 Å². The lowest BCUT2D eigenvalue weighted by molar-refractivity contribution is -0.0426. The number of nitrogens with zero attached hydrogens (tertiary/aromatic N) is 2.